The summed E-state index contributed by atoms with van der Waals surface area (Å²) in [6.45, 7) is 8.55. The number of hydrogen-bond acceptors (Lipinski definition) is 4. The Hall–Kier alpha value is -4.12. The van der Waals surface area contributed by atoms with Crippen molar-refractivity contribution < 1.29 is 14.3 Å². The first-order valence-electron chi connectivity index (χ1n) is 12.6. The molecule has 1 amide bonds. The van der Waals surface area contributed by atoms with Crippen LogP contribution in [0, 0.1) is 0 Å². The van der Waals surface area contributed by atoms with E-state index in [9.17, 15) is 4.79 Å². The Labute approximate surface area is 218 Å². The van der Waals surface area contributed by atoms with Gasteiger partial charge in [-0.1, -0.05) is 48.5 Å². The highest BCUT2D eigenvalue weighted by atomic mass is 16.5. The van der Waals surface area contributed by atoms with Crippen LogP contribution in [0.3, 0.4) is 0 Å². The molecule has 0 atom stereocenters. The highest BCUT2D eigenvalue weighted by molar-refractivity contribution is 6.31. The first-order chi connectivity index (χ1) is 17.7. The van der Waals surface area contributed by atoms with Crippen molar-refractivity contribution in [2.75, 3.05) is 7.05 Å². The van der Waals surface area contributed by atoms with Crippen molar-refractivity contribution in [3.05, 3.63) is 102 Å². The summed E-state index contributed by atoms with van der Waals surface area (Å²) in [5.41, 5.74) is 4.97. The molecule has 5 nitrogen and oxygen atoms in total. The van der Waals surface area contributed by atoms with E-state index in [-0.39, 0.29) is 12.0 Å². The molecule has 188 valence electrons. The normalized spacial score (nSPS) is 15.1. The van der Waals surface area contributed by atoms with Crippen molar-refractivity contribution in [2.45, 2.75) is 45.9 Å². The van der Waals surface area contributed by atoms with Crippen molar-refractivity contribution in [3.8, 4) is 11.5 Å². The molecule has 0 aliphatic carbocycles. The molecule has 0 saturated carbocycles. The van der Waals surface area contributed by atoms with E-state index in [2.05, 4.69) is 24.9 Å². The van der Waals surface area contributed by atoms with E-state index in [0.29, 0.717) is 12.2 Å². The van der Waals surface area contributed by atoms with Gasteiger partial charge >= 0.3 is 0 Å². The summed E-state index contributed by atoms with van der Waals surface area (Å²) in [5, 5.41) is 1.11. The number of carbonyl (C=O) groups is 1. The van der Waals surface area contributed by atoms with Crippen LogP contribution in [0.25, 0.3) is 22.0 Å². The van der Waals surface area contributed by atoms with Gasteiger partial charge in [-0.3, -0.25) is 4.79 Å². The number of ether oxygens (including phenoxy) is 2. The molecule has 4 aromatic rings. The van der Waals surface area contributed by atoms with Crippen molar-refractivity contribution in [1.82, 2.24) is 9.88 Å². The van der Waals surface area contributed by atoms with Crippen LogP contribution in [-0.2, 0) is 11.4 Å². The zero-order valence-electron chi connectivity index (χ0n) is 22.0. The lowest BCUT2D eigenvalue weighted by atomic mass is 9.85. The second kappa shape index (κ2) is 9.74. The summed E-state index contributed by atoms with van der Waals surface area (Å²) in [6.07, 6.45) is 0.106. The van der Waals surface area contributed by atoms with Crippen LogP contribution in [0.2, 0.25) is 0 Å². The lowest BCUT2D eigenvalue weighted by Crippen LogP contribution is -2.39. The van der Waals surface area contributed by atoms with Crippen LogP contribution < -0.4 is 9.47 Å². The van der Waals surface area contributed by atoms with Crippen LogP contribution in [0.15, 0.2) is 84.9 Å². The number of fused-ring (bicyclic) bond motifs is 1. The van der Waals surface area contributed by atoms with E-state index < -0.39 is 5.54 Å². The molecule has 0 fully saturated rings. The summed E-state index contributed by atoms with van der Waals surface area (Å²) in [4.78, 5) is 19.9. The fourth-order valence-corrected chi connectivity index (χ4v) is 4.80. The van der Waals surface area contributed by atoms with Gasteiger partial charge in [-0.25, -0.2) is 4.98 Å². The van der Waals surface area contributed by atoms with Crippen LogP contribution in [0.4, 0.5) is 0 Å². The number of para-hydroxylation sites is 1. The maximum atomic E-state index is 13.4. The maximum absolute atomic E-state index is 13.4. The fraction of sp³-hybridized carbons (Fsp3) is 0.250. The van der Waals surface area contributed by atoms with E-state index in [1.165, 1.54) is 0 Å². The number of benzene rings is 3. The second-order valence-electron chi connectivity index (χ2n) is 10.2. The maximum Gasteiger partial charge on any atom is 0.255 e. The molecule has 0 bridgehead atoms. The molecule has 0 radical (unpaired) electrons. The highest BCUT2D eigenvalue weighted by Gasteiger charge is 2.43. The Morgan fingerprint density at radius 3 is 2.19 bits per heavy atom. The van der Waals surface area contributed by atoms with Crippen LogP contribution >= 0.6 is 0 Å². The zero-order valence-corrected chi connectivity index (χ0v) is 22.0. The van der Waals surface area contributed by atoms with Crippen LogP contribution in [-0.4, -0.2) is 34.5 Å². The topological polar surface area (TPSA) is 51.7 Å². The SMILES string of the molecule is CC(C)Oc1ccc(C2=C(c3ccc(OCc4ccc5ccccc5n4)cc3)C(=O)N(C)C2(C)C)cc1. The van der Waals surface area contributed by atoms with Crippen molar-refractivity contribution >= 4 is 28.0 Å². The number of hydrogen-bond donors (Lipinski definition) is 0. The third-order valence-corrected chi connectivity index (χ3v) is 6.92. The first kappa shape index (κ1) is 24.6. The van der Waals surface area contributed by atoms with Crippen molar-refractivity contribution in [1.29, 1.82) is 0 Å². The first-order valence-corrected chi connectivity index (χ1v) is 12.6. The summed E-state index contributed by atoms with van der Waals surface area (Å²) in [5.74, 6) is 1.56. The molecule has 37 heavy (non-hydrogen) atoms. The van der Waals surface area contributed by atoms with E-state index in [4.69, 9.17) is 9.47 Å². The van der Waals surface area contributed by atoms with Gasteiger partial charge in [0.05, 0.1) is 28.4 Å². The lowest BCUT2D eigenvalue weighted by molar-refractivity contribution is -0.125. The van der Waals surface area contributed by atoms with Gasteiger partial charge in [0.2, 0.25) is 0 Å². The molecule has 1 aliphatic rings. The summed E-state index contributed by atoms with van der Waals surface area (Å²) < 4.78 is 11.8. The molecule has 0 unspecified atom stereocenters. The number of carbonyl (C=O) groups excluding carboxylic acids is 1. The Morgan fingerprint density at radius 2 is 1.49 bits per heavy atom. The minimum Gasteiger partial charge on any atom is -0.491 e. The molecule has 3 aromatic carbocycles. The van der Waals surface area contributed by atoms with Gasteiger partial charge < -0.3 is 14.4 Å². The van der Waals surface area contributed by atoms with Gasteiger partial charge in [0.15, 0.2) is 0 Å². The summed E-state index contributed by atoms with van der Waals surface area (Å²) >= 11 is 0. The number of amides is 1. The molecular weight excluding hydrogens is 460 g/mol. The van der Waals surface area contributed by atoms with Gasteiger partial charge in [0, 0.05) is 12.4 Å². The van der Waals surface area contributed by atoms with Gasteiger partial charge in [-0.05, 0) is 80.8 Å². The molecule has 0 spiro atoms. The largest absolute Gasteiger partial charge is 0.491 e. The molecule has 0 saturated heterocycles. The third kappa shape index (κ3) is 4.82. The molecule has 1 aliphatic heterocycles. The van der Waals surface area contributed by atoms with Gasteiger partial charge in [0.1, 0.15) is 18.1 Å². The highest BCUT2D eigenvalue weighted by Crippen LogP contribution is 2.45. The molecule has 0 N–H and O–H groups in total. The second-order valence-corrected chi connectivity index (χ2v) is 10.2. The number of rotatable bonds is 7. The van der Waals surface area contributed by atoms with Gasteiger partial charge in [-0.2, -0.15) is 0 Å². The molecule has 2 heterocycles. The summed E-state index contributed by atoms with van der Waals surface area (Å²) in [7, 11) is 1.86. The average Bonchev–Trinajstić information content (AvgIpc) is 3.07. The Kier molecular flexibility index (Phi) is 6.46. The number of pyridine rings is 1. The lowest BCUT2D eigenvalue weighted by Gasteiger charge is -2.31. The fourth-order valence-electron chi connectivity index (χ4n) is 4.80. The van der Waals surface area contributed by atoms with Crippen molar-refractivity contribution in [2.24, 2.45) is 0 Å². The monoisotopic (exact) mass is 492 g/mol. The molecule has 1 aromatic heterocycles. The quantitative estimate of drug-likeness (QED) is 0.286. The van der Waals surface area contributed by atoms with E-state index in [1.807, 2.05) is 105 Å². The van der Waals surface area contributed by atoms with Crippen LogP contribution in [0.1, 0.15) is 44.5 Å². The molecule has 5 rings (SSSR count). The Bertz CT molecular complexity index is 1470. The summed E-state index contributed by atoms with van der Waals surface area (Å²) in [6, 6.07) is 27.8. The molecule has 5 heteroatoms. The Balaban J connectivity index is 1.41. The number of likely N-dealkylation sites (N-methyl/N-ethyl adjacent to an activating group) is 1. The molecular formula is C32H32N2O3. The third-order valence-electron chi connectivity index (χ3n) is 6.92. The van der Waals surface area contributed by atoms with E-state index >= 15 is 0 Å². The minimum absolute atomic E-state index is 0.0107. The minimum atomic E-state index is -0.455. The smallest absolute Gasteiger partial charge is 0.255 e. The van der Waals surface area contributed by atoms with Crippen molar-refractivity contribution in [3.63, 3.8) is 0 Å². The average molecular weight is 493 g/mol. The zero-order chi connectivity index (χ0) is 26.2. The Morgan fingerprint density at radius 1 is 0.838 bits per heavy atom. The number of nitrogens with zero attached hydrogens (tertiary/aromatic N) is 2. The van der Waals surface area contributed by atoms with E-state index in [0.717, 1.165) is 44.8 Å². The van der Waals surface area contributed by atoms with Gasteiger partial charge in [0.25, 0.3) is 5.91 Å². The standard InChI is InChI=1S/C32H32N2O3/c1-21(2)37-27-18-13-24(14-19-27)30-29(31(35)34(5)32(30,3)4)23-11-16-26(17-12-23)36-20-25-15-10-22-8-6-7-9-28(22)33-25/h6-19,21H,20H2,1-5H3. The van der Waals surface area contributed by atoms with E-state index in [1.54, 1.807) is 0 Å². The number of aromatic nitrogens is 1. The predicted octanol–water partition coefficient (Wildman–Crippen LogP) is 6.76. The van der Waals surface area contributed by atoms with Gasteiger partial charge in [-0.15, -0.1) is 0 Å². The predicted molar refractivity (Wildman–Crippen MR) is 148 cm³/mol. The van der Waals surface area contributed by atoms with Crippen LogP contribution in [0.5, 0.6) is 11.5 Å².